The molecular formula is C23H15Cl3N2O3. The third kappa shape index (κ3) is 4.30. The maximum absolute atomic E-state index is 13.2. The largest absolute Gasteiger partial charge is 0.324 e. The molecule has 1 aliphatic heterocycles. The van der Waals surface area contributed by atoms with Crippen molar-refractivity contribution in [3.8, 4) is 0 Å². The van der Waals surface area contributed by atoms with Gasteiger partial charge < -0.3 is 5.32 Å². The second-order valence-corrected chi connectivity index (χ2v) is 8.25. The molecule has 5 nitrogen and oxygen atoms in total. The average Bonchev–Trinajstić information content (AvgIpc) is 2.97. The number of hydrogen-bond acceptors (Lipinski definition) is 3. The van der Waals surface area contributed by atoms with Gasteiger partial charge in [-0.15, -0.1) is 0 Å². The van der Waals surface area contributed by atoms with E-state index in [0.717, 1.165) is 10.5 Å². The first-order valence-electron chi connectivity index (χ1n) is 9.32. The van der Waals surface area contributed by atoms with Crippen molar-refractivity contribution in [1.82, 2.24) is 4.90 Å². The fourth-order valence-electron chi connectivity index (χ4n) is 3.47. The Balaban J connectivity index is 1.71. The summed E-state index contributed by atoms with van der Waals surface area (Å²) < 4.78 is 0. The molecule has 0 bridgehead atoms. The van der Waals surface area contributed by atoms with Crippen LogP contribution in [0.5, 0.6) is 0 Å². The number of anilines is 1. The van der Waals surface area contributed by atoms with Crippen molar-refractivity contribution in [1.29, 1.82) is 0 Å². The van der Waals surface area contributed by atoms with Gasteiger partial charge in [0.2, 0.25) is 5.91 Å². The standard InChI is InChI=1S/C23H15Cl3N2O3/c24-14-7-4-8-15(10-14)27-21(29)20(9-13-5-2-1-3-6-13)28-22(30)16-11-18(25)19(26)12-17(16)23(28)31/h1-8,10-12,20H,9H2,(H,27,29)/t20-/m0/s1. The molecule has 4 rings (SSSR count). The lowest BCUT2D eigenvalue weighted by molar-refractivity contribution is -0.119. The Hall–Kier alpha value is -2.86. The number of nitrogens with one attached hydrogen (secondary N) is 1. The summed E-state index contributed by atoms with van der Waals surface area (Å²) in [6.45, 7) is 0. The Bertz CT molecular complexity index is 1160. The van der Waals surface area contributed by atoms with Gasteiger partial charge in [-0.25, -0.2) is 0 Å². The highest BCUT2D eigenvalue weighted by Crippen LogP contribution is 2.33. The van der Waals surface area contributed by atoms with E-state index in [0.29, 0.717) is 10.7 Å². The van der Waals surface area contributed by atoms with Gasteiger partial charge in [-0.2, -0.15) is 0 Å². The lowest BCUT2D eigenvalue weighted by Crippen LogP contribution is -2.48. The molecule has 8 heteroatoms. The molecule has 1 aliphatic rings. The van der Waals surface area contributed by atoms with Crippen LogP contribution in [0.1, 0.15) is 26.3 Å². The lowest BCUT2D eigenvalue weighted by atomic mass is 10.0. The van der Waals surface area contributed by atoms with E-state index in [4.69, 9.17) is 34.8 Å². The number of fused-ring (bicyclic) bond motifs is 1. The summed E-state index contributed by atoms with van der Waals surface area (Å²) in [4.78, 5) is 40.4. The molecule has 0 aromatic heterocycles. The Morgan fingerprint density at radius 1 is 0.839 bits per heavy atom. The molecule has 1 heterocycles. The first-order valence-corrected chi connectivity index (χ1v) is 10.5. The number of benzene rings is 3. The molecule has 0 saturated carbocycles. The smallest absolute Gasteiger partial charge is 0.262 e. The molecule has 0 aliphatic carbocycles. The summed E-state index contributed by atoms with van der Waals surface area (Å²) in [5.74, 6) is -1.71. The van der Waals surface area contributed by atoms with Crippen LogP contribution in [-0.2, 0) is 11.2 Å². The molecular weight excluding hydrogens is 459 g/mol. The van der Waals surface area contributed by atoms with E-state index in [1.807, 2.05) is 30.3 Å². The summed E-state index contributed by atoms with van der Waals surface area (Å²) in [5.41, 5.74) is 1.49. The summed E-state index contributed by atoms with van der Waals surface area (Å²) in [6, 6.07) is 17.4. The number of nitrogens with zero attached hydrogens (tertiary/aromatic N) is 1. The molecule has 156 valence electrons. The molecule has 0 saturated heterocycles. The molecule has 31 heavy (non-hydrogen) atoms. The third-order valence-corrected chi connectivity index (χ3v) is 5.89. The van der Waals surface area contributed by atoms with Gasteiger partial charge in [0.15, 0.2) is 0 Å². The number of hydrogen-bond donors (Lipinski definition) is 1. The van der Waals surface area contributed by atoms with Crippen LogP contribution < -0.4 is 5.32 Å². The van der Waals surface area contributed by atoms with Crippen LogP contribution in [0.4, 0.5) is 5.69 Å². The highest BCUT2D eigenvalue weighted by Gasteiger charge is 2.43. The number of imide groups is 1. The monoisotopic (exact) mass is 472 g/mol. The second-order valence-electron chi connectivity index (χ2n) is 7.00. The predicted molar refractivity (Wildman–Crippen MR) is 121 cm³/mol. The Morgan fingerprint density at radius 2 is 1.45 bits per heavy atom. The van der Waals surface area contributed by atoms with E-state index in [1.54, 1.807) is 24.3 Å². The van der Waals surface area contributed by atoms with Crippen molar-refractivity contribution in [2.75, 3.05) is 5.32 Å². The van der Waals surface area contributed by atoms with Crippen molar-refractivity contribution in [3.63, 3.8) is 0 Å². The molecule has 0 fully saturated rings. The van der Waals surface area contributed by atoms with Crippen LogP contribution in [0.3, 0.4) is 0 Å². The lowest BCUT2D eigenvalue weighted by Gasteiger charge is -2.25. The molecule has 1 atom stereocenters. The number of carbonyl (C=O) groups is 3. The van der Waals surface area contributed by atoms with Crippen LogP contribution in [0.2, 0.25) is 15.1 Å². The van der Waals surface area contributed by atoms with E-state index >= 15 is 0 Å². The highest BCUT2D eigenvalue weighted by molar-refractivity contribution is 6.43. The highest BCUT2D eigenvalue weighted by atomic mass is 35.5. The summed E-state index contributed by atoms with van der Waals surface area (Å²) in [5, 5.41) is 3.51. The van der Waals surface area contributed by atoms with E-state index in [1.165, 1.54) is 12.1 Å². The van der Waals surface area contributed by atoms with Crippen LogP contribution in [0.25, 0.3) is 0 Å². The van der Waals surface area contributed by atoms with Gasteiger partial charge >= 0.3 is 0 Å². The van der Waals surface area contributed by atoms with E-state index in [2.05, 4.69) is 5.32 Å². The Kier molecular flexibility index (Phi) is 6.01. The Morgan fingerprint density at radius 3 is 2.03 bits per heavy atom. The molecule has 3 amide bonds. The molecule has 3 aromatic rings. The van der Waals surface area contributed by atoms with Crippen molar-refractivity contribution in [2.45, 2.75) is 12.5 Å². The minimum absolute atomic E-state index is 0.119. The molecule has 1 N–H and O–H groups in total. The maximum Gasteiger partial charge on any atom is 0.262 e. The van der Waals surface area contributed by atoms with Gasteiger partial charge in [-0.1, -0.05) is 71.2 Å². The molecule has 0 radical (unpaired) electrons. The molecule has 3 aromatic carbocycles. The van der Waals surface area contributed by atoms with Crippen molar-refractivity contribution in [2.24, 2.45) is 0 Å². The average molecular weight is 474 g/mol. The first-order chi connectivity index (χ1) is 14.8. The quantitative estimate of drug-likeness (QED) is 0.498. The van der Waals surface area contributed by atoms with E-state index < -0.39 is 23.8 Å². The van der Waals surface area contributed by atoms with Gasteiger partial charge in [-0.3, -0.25) is 19.3 Å². The van der Waals surface area contributed by atoms with Crippen molar-refractivity contribution in [3.05, 3.63) is 98.5 Å². The third-order valence-electron chi connectivity index (χ3n) is 4.94. The van der Waals surface area contributed by atoms with E-state index in [-0.39, 0.29) is 27.6 Å². The zero-order chi connectivity index (χ0) is 22.1. The molecule has 0 spiro atoms. The zero-order valence-electron chi connectivity index (χ0n) is 15.9. The minimum Gasteiger partial charge on any atom is -0.324 e. The predicted octanol–water partition coefficient (Wildman–Crippen LogP) is 5.49. The zero-order valence-corrected chi connectivity index (χ0v) is 18.2. The molecule has 0 unspecified atom stereocenters. The minimum atomic E-state index is -1.09. The van der Waals surface area contributed by atoms with Crippen molar-refractivity contribution < 1.29 is 14.4 Å². The van der Waals surface area contributed by atoms with Gasteiger partial charge in [-0.05, 0) is 35.9 Å². The van der Waals surface area contributed by atoms with Gasteiger partial charge in [0.25, 0.3) is 11.8 Å². The van der Waals surface area contributed by atoms with Gasteiger partial charge in [0.1, 0.15) is 6.04 Å². The maximum atomic E-state index is 13.2. The SMILES string of the molecule is O=C(Nc1cccc(Cl)c1)[C@H](Cc1ccccc1)N1C(=O)c2cc(Cl)c(Cl)cc2C1=O. The van der Waals surface area contributed by atoms with Crippen LogP contribution >= 0.6 is 34.8 Å². The van der Waals surface area contributed by atoms with Crippen LogP contribution in [0.15, 0.2) is 66.7 Å². The van der Waals surface area contributed by atoms with E-state index in [9.17, 15) is 14.4 Å². The number of carbonyl (C=O) groups excluding carboxylic acids is 3. The van der Waals surface area contributed by atoms with Gasteiger partial charge in [0.05, 0.1) is 21.2 Å². The summed E-state index contributed by atoms with van der Waals surface area (Å²) in [6.07, 6.45) is 0.139. The number of amides is 3. The second kappa shape index (κ2) is 8.71. The van der Waals surface area contributed by atoms with Crippen LogP contribution in [-0.4, -0.2) is 28.7 Å². The fraction of sp³-hybridized carbons (Fsp3) is 0.0870. The van der Waals surface area contributed by atoms with Gasteiger partial charge in [0, 0.05) is 17.1 Å². The number of halogens is 3. The summed E-state index contributed by atoms with van der Waals surface area (Å²) >= 11 is 18.1. The first kappa shape index (κ1) is 21.4. The Labute approximate surface area is 193 Å². The normalized spacial score (nSPS) is 13.8. The summed E-state index contributed by atoms with van der Waals surface area (Å²) in [7, 11) is 0. The topological polar surface area (TPSA) is 66.5 Å². The van der Waals surface area contributed by atoms with Crippen LogP contribution in [0, 0.1) is 0 Å². The fourth-order valence-corrected chi connectivity index (χ4v) is 3.98. The number of rotatable bonds is 5. The van der Waals surface area contributed by atoms with Crippen molar-refractivity contribution >= 4 is 58.2 Å².